The average molecular weight is 357 g/mol. The summed E-state index contributed by atoms with van der Waals surface area (Å²) in [7, 11) is 0. The molecule has 0 bridgehead atoms. The number of nitrogens with zero attached hydrogens (tertiary/aromatic N) is 6. The maximum atomic E-state index is 6.18. The Bertz CT molecular complexity index is 927. The fraction of sp³-hybridized carbons (Fsp3) is 0.389. The van der Waals surface area contributed by atoms with E-state index in [0.29, 0.717) is 5.78 Å². The molecule has 3 heterocycles. The van der Waals surface area contributed by atoms with Crippen LogP contribution in [0.25, 0.3) is 5.78 Å². The monoisotopic (exact) mass is 356 g/mol. The van der Waals surface area contributed by atoms with Gasteiger partial charge in [-0.3, -0.25) is 0 Å². The number of halogens is 1. The van der Waals surface area contributed by atoms with Gasteiger partial charge in [-0.1, -0.05) is 17.7 Å². The van der Waals surface area contributed by atoms with Crippen LogP contribution in [0.4, 0.5) is 11.5 Å². The van der Waals surface area contributed by atoms with Crippen LogP contribution in [0.15, 0.2) is 24.3 Å². The van der Waals surface area contributed by atoms with Crippen LogP contribution in [0.5, 0.6) is 0 Å². The molecular formula is C18H21ClN6. The zero-order valence-electron chi connectivity index (χ0n) is 14.7. The predicted octanol–water partition coefficient (Wildman–Crippen LogP) is 3.03. The Morgan fingerprint density at radius 2 is 1.64 bits per heavy atom. The van der Waals surface area contributed by atoms with E-state index in [4.69, 9.17) is 11.6 Å². The van der Waals surface area contributed by atoms with E-state index >= 15 is 0 Å². The zero-order chi connectivity index (χ0) is 17.6. The Hall–Kier alpha value is -2.34. The molecule has 0 N–H and O–H groups in total. The normalized spacial score (nSPS) is 15.2. The van der Waals surface area contributed by atoms with Crippen LogP contribution in [-0.2, 0) is 0 Å². The number of piperazine rings is 1. The maximum Gasteiger partial charge on any atom is 0.254 e. The molecule has 130 valence electrons. The minimum absolute atomic E-state index is 0.667. The summed E-state index contributed by atoms with van der Waals surface area (Å²) < 4.78 is 1.85. The van der Waals surface area contributed by atoms with E-state index in [1.165, 1.54) is 11.3 Å². The number of anilines is 2. The zero-order valence-corrected chi connectivity index (χ0v) is 15.5. The van der Waals surface area contributed by atoms with E-state index in [1.54, 1.807) is 0 Å². The van der Waals surface area contributed by atoms with E-state index < -0.39 is 0 Å². The third-order valence-corrected chi connectivity index (χ3v) is 4.88. The van der Waals surface area contributed by atoms with Crippen LogP contribution in [0, 0.1) is 20.8 Å². The summed E-state index contributed by atoms with van der Waals surface area (Å²) >= 11 is 6.18. The molecule has 6 nitrogen and oxygen atoms in total. The molecule has 4 rings (SSSR count). The third-order valence-electron chi connectivity index (χ3n) is 4.64. The van der Waals surface area contributed by atoms with Crippen molar-refractivity contribution in [2.45, 2.75) is 20.8 Å². The Morgan fingerprint density at radius 1 is 0.920 bits per heavy atom. The molecule has 2 aromatic heterocycles. The van der Waals surface area contributed by atoms with Gasteiger partial charge in [0, 0.05) is 48.6 Å². The molecule has 0 amide bonds. The van der Waals surface area contributed by atoms with Crippen LogP contribution in [0.1, 0.15) is 17.1 Å². The van der Waals surface area contributed by atoms with Gasteiger partial charge in [0.05, 0.1) is 0 Å². The highest BCUT2D eigenvalue weighted by Gasteiger charge is 2.21. The van der Waals surface area contributed by atoms with E-state index in [2.05, 4.69) is 50.0 Å². The standard InChI is InChI=1S/C18H21ClN6/c1-12-4-5-15(19)11-16(12)23-6-8-24(9-7-23)17-10-13(2)20-18-21-14(3)22-25(17)18/h4-5,10-11H,6-9H2,1-3H3. The molecule has 25 heavy (non-hydrogen) atoms. The maximum absolute atomic E-state index is 6.18. The quantitative estimate of drug-likeness (QED) is 0.706. The van der Waals surface area contributed by atoms with Crippen LogP contribution >= 0.6 is 11.6 Å². The molecule has 0 spiro atoms. The Balaban J connectivity index is 1.59. The largest absolute Gasteiger partial charge is 0.368 e. The lowest BCUT2D eigenvalue weighted by Crippen LogP contribution is -2.47. The second-order valence-corrected chi connectivity index (χ2v) is 6.97. The number of hydrogen-bond acceptors (Lipinski definition) is 5. The van der Waals surface area contributed by atoms with Gasteiger partial charge < -0.3 is 9.80 Å². The molecule has 1 aromatic carbocycles. The number of benzene rings is 1. The van der Waals surface area contributed by atoms with Crippen molar-refractivity contribution >= 4 is 28.9 Å². The highest BCUT2D eigenvalue weighted by molar-refractivity contribution is 6.30. The van der Waals surface area contributed by atoms with E-state index in [-0.39, 0.29) is 0 Å². The first-order chi connectivity index (χ1) is 12.0. The number of aromatic nitrogens is 4. The second-order valence-electron chi connectivity index (χ2n) is 6.53. The van der Waals surface area contributed by atoms with E-state index in [1.807, 2.05) is 24.4 Å². The van der Waals surface area contributed by atoms with Crippen LogP contribution in [0.2, 0.25) is 5.02 Å². The van der Waals surface area contributed by atoms with E-state index in [9.17, 15) is 0 Å². The average Bonchev–Trinajstić information content (AvgIpc) is 2.96. The first kappa shape index (κ1) is 16.1. The van der Waals surface area contributed by atoms with Crippen molar-refractivity contribution in [2.75, 3.05) is 36.0 Å². The highest BCUT2D eigenvalue weighted by Crippen LogP contribution is 2.26. The minimum Gasteiger partial charge on any atom is -0.368 e. The Labute approximate surface area is 152 Å². The third kappa shape index (κ3) is 3.02. The van der Waals surface area contributed by atoms with Gasteiger partial charge in [0.15, 0.2) is 0 Å². The van der Waals surface area contributed by atoms with E-state index in [0.717, 1.165) is 48.5 Å². The molecule has 0 saturated carbocycles. The van der Waals surface area contributed by atoms with Gasteiger partial charge in [-0.25, -0.2) is 4.98 Å². The van der Waals surface area contributed by atoms with Crippen molar-refractivity contribution in [1.29, 1.82) is 0 Å². The Morgan fingerprint density at radius 3 is 2.40 bits per heavy atom. The lowest BCUT2D eigenvalue weighted by atomic mass is 10.1. The van der Waals surface area contributed by atoms with Crippen molar-refractivity contribution in [3.63, 3.8) is 0 Å². The summed E-state index contributed by atoms with van der Waals surface area (Å²) in [5.41, 5.74) is 3.44. The molecule has 0 aliphatic carbocycles. The van der Waals surface area contributed by atoms with Gasteiger partial charge in [-0.05, 0) is 38.5 Å². The first-order valence-corrected chi connectivity index (χ1v) is 8.86. The number of aryl methyl sites for hydroxylation is 3. The predicted molar refractivity (Wildman–Crippen MR) is 101 cm³/mol. The van der Waals surface area contributed by atoms with Gasteiger partial charge in [0.1, 0.15) is 11.6 Å². The second kappa shape index (κ2) is 6.19. The molecule has 1 aliphatic rings. The molecule has 0 unspecified atom stereocenters. The molecule has 0 radical (unpaired) electrons. The van der Waals surface area contributed by atoms with Gasteiger partial charge in [-0.15, -0.1) is 5.10 Å². The fourth-order valence-corrected chi connectivity index (χ4v) is 3.56. The van der Waals surface area contributed by atoms with Crippen molar-refractivity contribution in [3.05, 3.63) is 46.4 Å². The van der Waals surface area contributed by atoms with Crippen LogP contribution in [0.3, 0.4) is 0 Å². The number of fused-ring (bicyclic) bond motifs is 1. The van der Waals surface area contributed by atoms with Crippen molar-refractivity contribution in [3.8, 4) is 0 Å². The van der Waals surface area contributed by atoms with Crippen LogP contribution < -0.4 is 9.80 Å². The molecular weight excluding hydrogens is 336 g/mol. The topological polar surface area (TPSA) is 49.6 Å². The molecule has 0 atom stereocenters. The van der Waals surface area contributed by atoms with Gasteiger partial charge in [0.25, 0.3) is 5.78 Å². The minimum atomic E-state index is 0.667. The van der Waals surface area contributed by atoms with Gasteiger partial charge >= 0.3 is 0 Å². The fourth-order valence-electron chi connectivity index (χ4n) is 3.39. The summed E-state index contributed by atoms with van der Waals surface area (Å²) in [5, 5.41) is 5.29. The van der Waals surface area contributed by atoms with Gasteiger partial charge in [-0.2, -0.15) is 9.50 Å². The molecule has 7 heteroatoms. The summed E-state index contributed by atoms with van der Waals surface area (Å²) in [6.45, 7) is 9.75. The SMILES string of the molecule is Cc1cc(N2CCN(c3cc(Cl)ccc3C)CC2)n2nc(C)nc2n1. The summed E-state index contributed by atoms with van der Waals surface area (Å²) in [6.07, 6.45) is 0. The molecule has 3 aromatic rings. The lowest BCUT2D eigenvalue weighted by Gasteiger charge is -2.37. The summed E-state index contributed by atoms with van der Waals surface area (Å²) in [4.78, 5) is 13.6. The smallest absolute Gasteiger partial charge is 0.254 e. The Kier molecular flexibility index (Phi) is 4.00. The molecule has 1 aliphatic heterocycles. The molecule has 1 fully saturated rings. The van der Waals surface area contributed by atoms with Crippen molar-refractivity contribution in [2.24, 2.45) is 0 Å². The lowest BCUT2D eigenvalue weighted by molar-refractivity contribution is 0.637. The van der Waals surface area contributed by atoms with Gasteiger partial charge in [0.2, 0.25) is 0 Å². The first-order valence-electron chi connectivity index (χ1n) is 8.48. The summed E-state index contributed by atoms with van der Waals surface area (Å²) in [5.74, 6) is 2.47. The van der Waals surface area contributed by atoms with Crippen molar-refractivity contribution < 1.29 is 0 Å². The number of rotatable bonds is 2. The number of hydrogen-bond donors (Lipinski definition) is 0. The summed E-state index contributed by atoms with van der Waals surface area (Å²) in [6, 6.07) is 8.17. The van der Waals surface area contributed by atoms with Crippen molar-refractivity contribution in [1.82, 2.24) is 19.6 Å². The molecule has 1 saturated heterocycles. The van der Waals surface area contributed by atoms with Crippen LogP contribution in [-0.4, -0.2) is 45.8 Å². The highest BCUT2D eigenvalue weighted by atomic mass is 35.5.